The summed E-state index contributed by atoms with van der Waals surface area (Å²) in [6.07, 6.45) is 8.75. The van der Waals surface area contributed by atoms with E-state index in [1.807, 2.05) is 12.3 Å². The van der Waals surface area contributed by atoms with Gasteiger partial charge in [0.1, 0.15) is 0 Å². The molecule has 1 N–H and O–H groups in total. The van der Waals surface area contributed by atoms with E-state index in [9.17, 15) is 4.79 Å². The van der Waals surface area contributed by atoms with Gasteiger partial charge in [-0.25, -0.2) is 0 Å². The summed E-state index contributed by atoms with van der Waals surface area (Å²) in [7, 11) is 0. The van der Waals surface area contributed by atoms with E-state index in [2.05, 4.69) is 30.2 Å². The Labute approximate surface area is 127 Å². The van der Waals surface area contributed by atoms with Gasteiger partial charge in [0.05, 0.1) is 11.7 Å². The van der Waals surface area contributed by atoms with Crippen LogP contribution in [-0.2, 0) is 4.79 Å². The Balaban J connectivity index is 1.67. The van der Waals surface area contributed by atoms with Crippen LogP contribution in [0.2, 0.25) is 0 Å². The first-order chi connectivity index (χ1) is 10.1. The van der Waals surface area contributed by atoms with Gasteiger partial charge in [0.15, 0.2) is 0 Å². The van der Waals surface area contributed by atoms with Crippen LogP contribution in [0.15, 0.2) is 18.3 Å². The lowest BCUT2D eigenvalue weighted by molar-refractivity contribution is -0.127. The molecule has 1 unspecified atom stereocenters. The third kappa shape index (κ3) is 3.63. The SMILES string of the molecule is Cc1ccnc(C(NC(=O)C2CCC(C)CC2)C2CC2)c1. The summed E-state index contributed by atoms with van der Waals surface area (Å²) in [5.74, 6) is 1.84. The highest BCUT2D eigenvalue weighted by Crippen LogP contribution is 2.41. The molecule has 0 saturated heterocycles. The molecule has 2 aliphatic rings. The van der Waals surface area contributed by atoms with E-state index in [1.165, 1.54) is 31.2 Å². The van der Waals surface area contributed by atoms with E-state index in [-0.39, 0.29) is 17.9 Å². The normalized spacial score (nSPS) is 27.1. The number of carbonyl (C=O) groups excluding carboxylic acids is 1. The molecule has 21 heavy (non-hydrogen) atoms. The molecule has 0 radical (unpaired) electrons. The molecule has 2 saturated carbocycles. The maximum absolute atomic E-state index is 12.6. The van der Waals surface area contributed by atoms with Gasteiger partial charge in [0.25, 0.3) is 0 Å². The summed E-state index contributed by atoms with van der Waals surface area (Å²) in [5.41, 5.74) is 2.25. The maximum Gasteiger partial charge on any atom is 0.223 e. The third-order valence-electron chi connectivity index (χ3n) is 5.03. The Kier molecular flexibility index (Phi) is 4.27. The van der Waals surface area contributed by atoms with Crippen LogP contribution in [0.1, 0.15) is 62.7 Å². The number of pyridine rings is 1. The van der Waals surface area contributed by atoms with Gasteiger partial charge < -0.3 is 5.32 Å². The van der Waals surface area contributed by atoms with Gasteiger partial charge in [0.2, 0.25) is 5.91 Å². The van der Waals surface area contributed by atoms with Gasteiger partial charge in [-0.05, 0) is 75.0 Å². The van der Waals surface area contributed by atoms with Crippen LogP contribution in [0.3, 0.4) is 0 Å². The second-order valence-corrected chi connectivity index (χ2v) is 7.04. The van der Waals surface area contributed by atoms with E-state index in [4.69, 9.17) is 0 Å². The van der Waals surface area contributed by atoms with Crippen molar-refractivity contribution in [3.63, 3.8) is 0 Å². The van der Waals surface area contributed by atoms with Crippen LogP contribution >= 0.6 is 0 Å². The minimum absolute atomic E-state index is 0.122. The predicted octanol–water partition coefficient (Wildman–Crippen LogP) is 3.78. The molecule has 0 aromatic carbocycles. The summed E-state index contributed by atoms with van der Waals surface area (Å²) in [6, 6.07) is 4.25. The van der Waals surface area contributed by atoms with E-state index in [1.54, 1.807) is 0 Å². The first kappa shape index (κ1) is 14.6. The fourth-order valence-corrected chi connectivity index (χ4v) is 3.39. The summed E-state index contributed by atoms with van der Waals surface area (Å²) in [6.45, 7) is 4.37. The first-order valence-electron chi connectivity index (χ1n) is 8.36. The van der Waals surface area contributed by atoms with Crippen molar-refractivity contribution in [2.75, 3.05) is 0 Å². The molecule has 0 spiro atoms. The quantitative estimate of drug-likeness (QED) is 0.915. The monoisotopic (exact) mass is 286 g/mol. The lowest BCUT2D eigenvalue weighted by Crippen LogP contribution is -2.36. The number of nitrogens with one attached hydrogen (secondary N) is 1. The number of amides is 1. The predicted molar refractivity (Wildman–Crippen MR) is 83.7 cm³/mol. The topological polar surface area (TPSA) is 42.0 Å². The number of nitrogens with zero attached hydrogens (tertiary/aromatic N) is 1. The fourth-order valence-electron chi connectivity index (χ4n) is 3.39. The zero-order valence-corrected chi connectivity index (χ0v) is 13.1. The molecule has 2 fully saturated rings. The van der Waals surface area contributed by atoms with Crippen molar-refractivity contribution in [1.82, 2.24) is 10.3 Å². The van der Waals surface area contributed by atoms with Gasteiger partial charge in [-0.15, -0.1) is 0 Å². The fraction of sp³-hybridized carbons (Fsp3) is 0.667. The van der Waals surface area contributed by atoms with Crippen molar-refractivity contribution >= 4 is 5.91 Å². The second-order valence-electron chi connectivity index (χ2n) is 7.04. The van der Waals surface area contributed by atoms with E-state index in [0.29, 0.717) is 5.92 Å². The molecule has 3 nitrogen and oxygen atoms in total. The van der Waals surface area contributed by atoms with Crippen molar-refractivity contribution in [2.24, 2.45) is 17.8 Å². The first-order valence-corrected chi connectivity index (χ1v) is 8.36. The number of hydrogen-bond donors (Lipinski definition) is 1. The Morgan fingerprint density at radius 3 is 2.57 bits per heavy atom. The molecule has 1 amide bonds. The number of aryl methyl sites for hydroxylation is 1. The van der Waals surface area contributed by atoms with Crippen LogP contribution in [0.4, 0.5) is 0 Å². The maximum atomic E-state index is 12.6. The number of carbonyl (C=O) groups is 1. The van der Waals surface area contributed by atoms with Crippen LogP contribution in [0.25, 0.3) is 0 Å². The molecule has 114 valence electrons. The van der Waals surface area contributed by atoms with Crippen molar-refractivity contribution in [3.05, 3.63) is 29.6 Å². The number of rotatable bonds is 4. The highest BCUT2D eigenvalue weighted by Gasteiger charge is 2.36. The van der Waals surface area contributed by atoms with Crippen LogP contribution < -0.4 is 5.32 Å². The summed E-state index contributed by atoms with van der Waals surface area (Å²) in [5, 5.41) is 3.31. The third-order valence-corrected chi connectivity index (χ3v) is 5.03. The Bertz CT molecular complexity index is 502. The van der Waals surface area contributed by atoms with Crippen molar-refractivity contribution in [3.8, 4) is 0 Å². The molecule has 3 rings (SSSR count). The molecule has 3 heteroatoms. The zero-order chi connectivity index (χ0) is 14.8. The highest BCUT2D eigenvalue weighted by atomic mass is 16.1. The Morgan fingerprint density at radius 1 is 1.24 bits per heavy atom. The van der Waals surface area contributed by atoms with E-state index in [0.717, 1.165) is 24.5 Å². The second kappa shape index (κ2) is 6.17. The minimum Gasteiger partial charge on any atom is -0.347 e. The Hall–Kier alpha value is -1.38. The lowest BCUT2D eigenvalue weighted by atomic mass is 9.82. The number of hydrogen-bond acceptors (Lipinski definition) is 2. The largest absolute Gasteiger partial charge is 0.347 e. The molecule has 2 aliphatic carbocycles. The summed E-state index contributed by atoms with van der Waals surface area (Å²) >= 11 is 0. The average Bonchev–Trinajstić information content (AvgIpc) is 3.30. The summed E-state index contributed by atoms with van der Waals surface area (Å²) < 4.78 is 0. The van der Waals surface area contributed by atoms with Gasteiger partial charge in [-0.1, -0.05) is 6.92 Å². The van der Waals surface area contributed by atoms with E-state index >= 15 is 0 Å². The van der Waals surface area contributed by atoms with Crippen molar-refractivity contribution in [2.45, 2.75) is 58.4 Å². The van der Waals surface area contributed by atoms with Crippen LogP contribution in [0, 0.1) is 24.7 Å². The van der Waals surface area contributed by atoms with Gasteiger partial charge in [0, 0.05) is 12.1 Å². The van der Waals surface area contributed by atoms with E-state index < -0.39 is 0 Å². The van der Waals surface area contributed by atoms with Crippen molar-refractivity contribution < 1.29 is 4.79 Å². The smallest absolute Gasteiger partial charge is 0.223 e. The molecule has 1 aromatic heterocycles. The van der Waals surface area contributed by atoms with Gasteiger partial charge in [-0.2, -0.15) is 0 Å². The molecule has 1 heterocycles. The highest BCUT2D eigenvalue weighted by molar-refractivity contribution is 5.79. The zero-order valence-electron chi connectivity index (χ0n) is 13.1. The van der Waals surface area contributed by atoms with Gasteiger partial charge >= 0.3 is 0 Å². The molecular formula is C18H26N2O. The molecule has 0 bridgehead atoms. The molecular weight excluding hydrogens is 260 g/mol. The average molecular weight is 286 g/mol. The van der Waals surface area contributed by atoms with Crippen LogP contribution in [0.5, 0.6) is 0 Å². The van der Waals surface area contributed by atoms with Crippen LogP contribution in [-0.4, -0.2) is 10.9 Å². The molecule has 0 aliphatic heterocycles. The van der Waals surface area contributed by atoms with Crippen molar-refractivity contribution in [1.29, 1.82) is 0 Å². The number of aromatic nitrogens is 1. The van der Waals surface area contributed by atoms with Gasteiger partial charge in [-0.3, -0.25) is 9.78 Å². The minimum atomic E-state index is 0.122. The summed E-state index contributed by atoms with van der Waals surface area (Å²) in [4.78, 5) is 17.1. The molecule has 1 atom stereocenters. The molecule has 1 aromatic rings. The standard InChI is InChI=1S/C18H26N2O/c1-12-3-5-15(6-4-12)18(21)20-17(14-7-8-14)16-11-13(2)9-10-19-16/h9-12,14-15,17H,3-8H2,1-2H3,(H,20,21). The Morgan fingerprint density at radius 2 is 1.95 bits per heavy atom. The lowest BCUT2D eigenvalue weighted by Gasteiger charge is -2.27.